The van der Waals surface area contributed by atoms with Crippen LogP contribution >= 0.6 is 11.8 Å². The van der Waals surface area contributed by atoms with Crippen LogP contribution in [-0.2, 0) is 0 Å². The molecule has 1 fully saturated rings. The van der Waals surface area contributed by atoms with Crippen LogP contribution in [0, 0.1) is 0 Å². The lowest BCUT2D eigenvalue weighted by Crippen LogP contribution is -2.44. The van der Waals surface area contributed by atoms with Crippen molar-refractivity contribution >= 4 is 23.6 Å². The molecule has 6 heteroatoms. The summed E-state index contributed by atoms with van der Waals surface area (Å²) in [6.07, 6.45) is 8.43. The SMILES string of the molecule is CSC1CCCCN1C(=O)Nc1ccncn1. The second-order valence-electron chi connectivity index (χ2n) is 3.90. The standard InChI is InChI=1S/C11H16N4OS/c1-17-10-4-2-3-7-15(10)11(16)14-9-5-6-12-8-13-9/h5-6,8,10H,2-4,7H2,1H3,(H,12,13,14,16). The van der Waals surface area contributed by atoms with E-state index in [1.807, 2.05) is 11.2 Å². The number of urea groups is 1. The number of thioether (sulfide) groups is 1. The topological polar surface area (TPSA) is 58.1 Å². The molecule has 1 aromatic heterocycles. The van der Waals surface area contributed by atoms with Crippen molar-refractivity contribution < 1.29 is 4.79 Å². The summed E-state index contributed by atoms with van der Waals surface area (Å²) < 4.78 is 0. The van der Waals surface area contributed by atoms with E-state index in [1.165, 1.54) is 12.7 Å². The molecule has 92 valence electrons. The summed E-state index contributed by atoms with van der Waals surface area (Å²) >= 11 is 1.73. The van der Waals surface area contributed by atoms with E-state index in [9.17, 15) is 4.79 Å². The average Bonchev–Trinajstić information content (AvgIpc) is 2.40. The molecule has 0 spiro atoms. The fourth-order valence-corrected chi connectivity index (χ4v) is 2.78. The van der Waals surface area contributed by atoms with E-state index in [0.29, 0.717) is 5.82 Å². The summed E-state index contributed by atoms with van der Waals surface area (Å²) in [5.74, 6) is 0.551. The van der Waals surface area contributed by atoms with Gasteiger partial charge in [0.25, 0.3) is 0 Å². The zero-order valence-corrected chi connectivity index (χ0v) is 10.6. The summed E-state index contributed by atoms with van der Waals surface area (Å²) in [7, 11) is 0. The van der Waals surface area contributed by atoms with Gasteiger partial charge in [0.2, 0.25) is 0 Å². The first kappa shape index (κ1) is 12.2. The number of likely N-dealkylation sites (tertiary alicyclic amines) is 1. The number of hydrogen-bond acceptors (Lipinski definition) is 4. The lowest BCUT2D eigenvalue weighted by molar-refractivity contribution is 0.192. The highest BCUT2D eigenvalue weighted by atomic mass is 32.2. The second kappa shape index (κ2) is 5.86. The molecule has 17 heavy (non-hydrogen) atoms. The van der Waals surface area contributed by atoms with Gasteiger partial charge in [-0.15, -0.1) is 11.8 Å². The van der Waals surface area contributed by atoms with Gasteiger partial charge in [0.1, 0.15) is 12.1 Å². The Morgan fingerprint density at radius 2 is 2.47 bits per heavy atom. The van der Waals surface area contributed by atoms with Crippen LogP contribution in [0.25, 0.3) is 0 Å². The quantitative estimate of drug-likeness (QED) is 0.876. The van der Waals surface area contributed by atoms with E-state index >= 15 is 0 Å². The van der Waals surface area contributed by atoms with Gasteiger partial charge in [0.15, 0.2) is 0 Å². The number of anilines is 1. The molecule has 2 amide bonds. The number of piperidine rings is 1. The third kappa shape index (κ3) is 3.09. The Balaban J connectivity index is 1.99. The Bertz CT molecular complexity index is 373. The van der Waals surface area contributed by atoms with Gasteiger partial charge in [-0.25, -0.2) is 14.8 Å². The molecule has 0 radical (unpaired) electrons. The molecule has 1 aliphatic rings. The third-order valence-corrected chi connectivity index (χ3v) is 3.83. The summed E-state index contributed by atoms with van der Waals surface area (Å²) in [5, 5.41) is 3.08. The van der Waals surface area contributed by atoms with Gasteiger partial charge in [0, 0.05) is 12.7 Å². The Hall–Kier alpha value is -1.30. The first-order chi connectivity index (χ1) is 8.31. The van der Waals surface area contributed by atoms with Crippen molar-refractivity contribution in [1.82, 2.24) is 14.9 Å². The highest BCUT2D eigenvalue weighted by Gasteiger charge is 2.25. The van der Waals surface area contributed by atoms with Crippen LogP contribution in [0.2, 0.25) is 0 Å². The van der Waals surface area contributed by atoms with Crippen molar-refractivity contribution in [2.24, 2.45) is 0 Å². The van der Waals surface area contributed by atoms with E-state index in [0.717, 1.165) is 19.4 Å². The molecule has 2 heterocycles. The molecule has 0 saturated carbocycles. The number of nitrogens with zero attached hydrogens (tertiary/aromatic N) is 3. The summed E-state index contributed by atoms with van der Waals surface area (Å²) in [5.41, 5.74) is 0. The number of carbonyl (C=O) groups excluding carboxylic acids is 1. The van der Waals surface area contributed by atoms with Gasteiger partial charge in [-0.1, -0.05) is 0 Å². The van der Waals surface area contributed by atoms with Gasteiger partial charge in [-0.2, -0.15) is 0 Å². The van der Waals surface area contributed by atoms with Gasteiger partial charge < -0.3 is 4.90 Å². The van der Waals surface area contributed by atoms with E-state index in [4.69, 9.17) is 0 Å². The van der Waals surface area contributed by atoms with E-state index in [1.54, 1.807) is 24.0 Å². The number of amides is 2. The number of rotatable bonds is 2. The normalized spacial score (nSPS) is 20.1. The fraction of sp³-hybridized carbons (Fsp3) is 0.545. The molecule has 1 unspecified atom stereocenters. The maximum Gasteiger partial charge on any atom is 0.323 e. The zero-order valence-electron chi connectivity index (χ0n) is 9.80. The van der Waals surface area contributed by atoms with Crippen LogP contribution in [0.5, 0.6) is 0 Å². The van der Waals surface area contributed by atoms with E-state index in [2.05, 4.69) is 15.3 Å². The van der Waals surface area contributed by atoms with Crippen LogP contribution in [0.15, 0.2) is 18.6 Å². The Labute approximate surface area is 105 Å². The first-order valence-electron chi connectivity index (χ1n) is 5.67. The Morgan fingerprint density at radius 1 is 1.59 bits per heavy atom. The minimum atomic E-state index is -0.0669. The van der Waals surface area contributed by atoms with Crippen LogP contribution in [0.3, 0.4) is 0 Å². The van der Waals surface area contributed by atoms with Crippen molar-refractivity contribution in [2.45, 2.75) is 24.6 Å². The molecule has 0 aromatic carbocycles. The lowest BCUT2D eigenvalue weighted by Gasteiger charge is -2.34. The summed E-state index contributed by atoms with van der Waals surface area (Å²) in [4.78, 5) is 21.8. The van der Waals surface area contributed by atoms with Crippen LogP contribution in [0.1, 0.15) is 19.3 Å². The first-order valence-corrected chi connectivity index (χ1v) is 6.96. The van der Waals surface area contributed by atoms with Gasteiger partial charge in [-0.05, 0) is 31.6 Å². The molecule has 1 aliphatic heterocycles. The van der Waals surface area contributed by atoms with E-state index in [-0.39, 0.29) is 11.4 Å². The number of aromatic nitrogens is 2. The highest BCUT2D eigenvalue weighted by molar-refractivity contribution is 7.99. The largest absolute Gasteiger partial charge is 0.323 e. The van der Waals surface area contributed by atoms with Gasteiger partial charge >= 0.3 is 6.03 Å². The maximum atomic E-state index is 12.1. The van der Waals surface area contributed by atoms with Crippen LogP contribution in [-0.4, -0.2) is 39.1 Å². The Kier molecular flexibility index (Phi) is 4.19. The van der Waals surface area contributed by atoms with Gasteiger partial charge in [0.05, 0.1) is 5.37 Å². The van der Waals surface area contributed by atoms with Crippen molar-refractivity contribution in [2.75, 3.05) is 18.1 Å². The highest BCUT2D eigenvalue weighted by Crippen LogP contribution is 2.24. The number of nitrogens with one attached hydrogen (secondary N) is 1. The van der Waals surface area contributed by atoms with Crippen molar-refractivity contribution in [3.63, 3.8) is 0 Å². The molecule has 1 aromatic rings. The molecular weight excluding hydrogens is 236 g/mol. The molecule has 1 atom stereocenters. The van der Waals surface area contributed by atoms with E-state index < -0.39 is 0 Å². The summed E-state index contributed by atoms with van der Waals surface area (Å²) in [6.45, 7) is 0.822. The zero-order chi connectivity index (χ0) is 12.1. The van der Waals surface area contributed by atoms with Crippen molar-refractivity contribution in [1.29, 1.82) is 0 Å². The molecule has 5 nitrogen and oxygen atoms in total. The van der Waals surface area contributed by atoms with Crippen molar-refractivity contribution in [3.05, 3.63) is 18.6 Å². The van der Waals surface area contributed by atoms with Crippen LogP contribution < -0.4 is 5.32 Å². The molecule has 1 N–H and O–H groups in total. The smallest absolute Gasteiger partial charge is 0.313 e. The third-order valence-electron chi connectivity index (χ3n) is 2.80. The molecule has 1 saturated heterocycles. The predicted molar refractivity (Wildman–Crippen MR) is 68.9 cm³/mol. The maximum absolute atomic E-state index is 12.1. The monoisotopic (exact) mass is 252 g/mol. The van der Waals surface area contributed by atoms with Gasteiger partial charge in [-0.3, -0.25) is 5.32 Å². The molecular formula is C11H16N4OS. The van der Waals surface area contributed by atoms with Crippen LogP contribution in [0.4, 0.5) is 10.6 Å². The molecule has 0 aliphatic carbocycles. The predicted octanol–water partition coefficient (Wildman–Crippen LogP) is 2.18. The number of hydrogen-bond donors (Lipinski definition) is 1. The minimum Gasteiger partial charge on any atom is -0.313 e. The lowest BCUT2D eigenvalue weighted by atomic mass is 10.1. The molecule has 0 bridgehead atoms. The number of carbonyl (C=O) groups is 1. The second-order valence-corrected chi connectivity index (χ2v) is 4.92. The minimum absolute atomic E-state index is 0.0669. The molecule has 2 rings (SSSR count). The van der Waals surface area contributed by atoms with Crippen molar-refractivity contribution in [3.8, 4) is 0 Å². The average molecular weight is 252 g/mol. The summed E-state index contributed by atoms with van der Waals surface area (Å²) in [6, 6.07) is 1.62. The Morgan fingerprint density at radius 3 is 3.18 bits per heavy atom. The fourth-order valence-electron chi connectivity index (χ4n) is 1.92.